The molecule has 8 nitrogen and oxygen atoms in total. The molecule has 0 saturated carbocycles. The van der Waals surface area contributed by atoms with Gasteiger partial charge in [0.2, 0.25) is 0 Å². The summed E-state index contributed by atoms with van der Waals surface area (Å²) in [6.07, 6.45) is 10.2. The zero-order valence-corrected chi connectivity index (χ0v) is 16.3. The summed E-state index contributed by atoms with van der Waals surface area (Å²) in [5, 5.41) is 0. The predicted octanol–water partition coefficient (Wildman–Crippen LogP) is 2.30. The number of amides is 1. The van der Waals surface area contributed by atoms with Crippen molar-refractivity contribution in [2.24, 2.45) is 7.05 Å². The van der Waals surface area contributed by atoms with Gasteiger partial charge in [-0.05, 0) is 26.7 Å². The fourth-order valence-electron chi connectivity index (χ4n) is 3.72. The van der Waals surface area contributed by atoms with E-state index in [1.165, 1.54) is 6.33 Å². The Balaban J connectivity index is 1.63. The average molecular weight is 377 g/mol. The Bertz CT molecular complexity index is 1010. The highest BCUT2D eigenvalue weighted by Crippen LogP contribution is 2.32. The van der Waals surface area contributed by atoms with Crippen LogP contribution in [-0.4, -0.2) is 53.4 Å². The molecule has 1 aliphatic heterocycles. The first kappa shape index (κ1) is 18.2. The highest BCUT2D eigenvalue weighted by atomic mass is 16.2. The Morgan fingerprint density at radius 1 is 1.11 bits per heavy atom. The second-order valence-corrected chi connectivity index (χ2v) is 7.15. The second kappa shape index (κ2) is 7.46. The summed E-state index contributed by atoms with van der Waals surface area (Å²) in [7, 11) is 1.98. The smallest absolute Gasteiger partial charge is 0.257 e. The Hall–Kier alpha value is -3.16. The third-order valence-electron chi connectivity index (χ3n) is 5.43. The van der Waals surface area contributed by atoms with Gasteiger partial charge in [-0.1, -0.05) is 0 Å². The minimum atomic E-state index is -0.0235. The predicted molar refractivity (Wildman–Crippen MR) is 104 cm³/mol. The van der Waals surface area contributed by atoms with E-state index in [0.29, 0.717) is 17.8 Å². The summed E-state index contributed by atoms with van der Waals surface area (Å²) in [6.45, 7) is 5.13. The van der Waals surface area contributed by atoms with Crippen LogP contribution in [0.4, 0.5) is 0 Å². The lowest BCUT2D eigenvalue weighted by molar-refractivity contribution is 0.0704. The van der Waals surface area contributed by atoms with Gasteiger partial charge in [-0.3, -0.25) is 14.8 Å². The molecule has 3 aromatic heterocycles. The molecule has 0 radical (unpaired) electrons. The number of aryl methyl sites for hydroxylation is 2. The molecule has 0 spiro atoms. The fourth-order valence-corrected chi connectivity index (χ4v) is 3.72. The molecule has 1 amide bonds. The number of imidazole rings is 1. The number of carbonyl (C=O) groups is 1. The molecular formula is C20H23N7O. The number of piperidine rings is 1. The molecule has 3 aromatic rings. The van der Waals surface area contributed by atoms with E-state index in [0.717, 1.165) is 42.3 Å². The standard InChI is InChI=1S/C20H23N7O/c1-13-16(9-21-12-25-13)20(28)27-8-4-5-15(11-27)18-19(23-7-6-22-18)17-10-24-14(2)26(17)3/h6-7,9-10,12,15H,4-5,8,11H2,1-3H3/t15-/m1/s1. The lowest BCUT2D eigenvalue weighted by Gasteiger charge is -2.33. The van der Waals surface area contributed by atoms with E-state index in [4.69, 9.17) is 0 Å². The summed E-state index contributed by atoms with van der Waals surface area (Å²) in [5.74, 6) is 1.03. The van der Waals surface area contributed by atoms with E-state index in [-0.39, 0.29) is 11.8 Å². The van der Waals surface area contributed by atoms with Crippen molar-refractivity contribution in [3.8, 4) is 11.4 Å². The Morgan fingerprint density at radius 3 is 2.68 bits per heavy atom. The van der Waals surface area contributed by atoms with Crippen LogP contribution in [0.3, 0.4) is 0 Å². The van der Waals surface area contributed by atoms with Crippen molar-refractivity contribution in [2.45, 2.75) is 32.6 Å². The third kappa shape index (κ3) is 3.26. The van der Waals surface area contributed by atoms with E-state index in [1.54, 1.807) is 18.6 Å². The molecule has 0 bridgehead atoms. The minimum Gasteiger partial charge on any atom is -0.338 e. The summed E-state index contributed by atoms with van der Waals surface area (Å²) < 4.78 is 2.02. The SMILES string of the molecule is Cc1ncncc1C(=O)N1CCC[C@@H](c2nccnc2-c2cnc(C)n2C)C1. The van der Waals surface area contributed by atoms with Crippen molar-refractivity contribution in [1.29, 1.82) is 0 Å². The lowest BCUT2D eigenvalue weighted by Crippen LogP contribution is -2.40. The van der Waals surface area contributed by atoms with Crippen LogP contribution in [0.2, 0.25) is 0 Å². The van der Waals surface area contributed by atoms with Crippen molar-refractivity contribution >= 4 is 5.91 Å². The molecule has 1 fully saturated rings. The molecule has 0 unspecified atom stereocenters. The zero-order valence-electron chi connectivity index (χ0n) is 16.3. The number of aromatic nitrogens is 6. The van der Waals surface area contributed by atoms with E-state index in [9.17, 15) is 4.79 Å². The molecule has 1 saturated heterocycles. The summed E-state index contributed by atoms with van der Waals surface area (Å²) in [5.41, 5.74) is 3.96. The number of hydrogen-bond donors (Lipinski definition) is 0. The summed E-state index contributed by atoms with van der Waals surface area (Å²) in [6, 6.07) is 0. The van der Waals surface area contributed by atoms with Crippen molar-refractivity contribution in [3.63, 3.8) is 0 Å². The highest BCUT2D eigenvalue weighted by Gasteiger charge is 2.29. The molecule has 8 heteroatoms. The van der Waals surface area contributed by atoms with Crippen molar-refractivity contribution in [1.82, 2.24) is 34.4 Å². The normalized spacial score (nSPS) is 17.0. The molecule has 4 rings (SSSR count). The van der Waals surface area contributed by atoms with Crippen LogP contribution in [0.5, 0.6) is 0 Å². The van der Waals surface area contributed by atoms with E-state index in [1.807, 2.05) is 36.6 Å². The number of carbonyl (C=O) groups excluding carboxylic acids is 1. The quantitative estimate of drug-likeness (QED) is 0.696. The molecule has 144 valence electrons. The molecule has 0 N–H and O–H groups in total. The van der Waals surface area contributed by atoms with E-state index >= 15 is 0 Å². The number of nitrogens with zero attached hydrogens (tertiary/aromatic N) is 7. The van der Waals surface area contributed by atoms with Gasteiger partial charge in [0.25, 0.3) is 5.91 Å². The number of likely N-dealkylation sites (tertiary alicyclic amines) is 1. The molecule has 0 aromatic carbocycles. The number of rotatable bonds is 3. The number of hydrogen-bond acceptors (Lipinski definition) is 6. The topological polar surface area (TPSA) is 89.7 Å². The molecular weight excluding hydrogens is 354 g/mol. The van der Waals surface area contributed by atoms with Crippen LogP contribution in [0, 0.1) is 13.8 Å². The van der Waals surface area contributed by atoms with Gasteiger partial charge in [0, 0.05) is 44.6 Å². The second-order valence-electron chi connectivity index (χ2n) is 7.15. The monoisotopic (exact) mass is 377 g/mol. The summed E-state index contributed by atoms with van der Waals surface area (Å²) in [4.78, 5) is 36.7. The first-order chi connectivity index (χ1) is 13.6. The van der Waals surface area contributed by atoms with Gasteiger partial charge in [-0.2, -0.15) is 0 Å². The molecule has 1 aliphatic rings. The third-order valence-corrected chi connectivity index (χ3v) is 5.43. The lowest BCUT2D eigenvalue weighted by atomic mass is 9.92. The maximum atomic E-state index is 13.0. The zero-order chi connectivity index (χ0) is 19.7. The highest BCUT2D eigenvalue weighted by molar-refractivity contribution is 5.95. The maximum absolute atomic E-state index is 13.0. The van der Waals surface area contributed by atoms with Crippen LogP contribution in [0.25, 0.3) is 11.4 Å². The van der Waals surface area contributed by atoms with Crippen LogP contribution in [0.1, 0.15) is 46.3 Å². The van der Waals surface area contributed by atoms with Crippen LogP contribution < -0.4 is 0 Å². The first-order valence-corrected chi connectivity index (χ1v) is 9.41. The molecule has 1 atom stereocenters. The van der Waals surface area contributed by atoms with Crippen molar-refractivity contribution in [2.75, 3.05) is 13.1 Å². The van der Waals surface area contributed by atoms with E-state index in [2.05, 4.69) is 24.9 Å². The molecule has 0 aliphatic carbocycles. The maximum Gasteiger partial charge on any atom is 0.257 e. The molecule has 28 heavy (non-hydrogen) atoms. The van der Waals surface area contributed by atoms with Crippen molar-refractivity contribution < 1.29 is 4.79 Å². The van der Waals surface area contributed by atoms with Gasteiger partial charge < -0.3 is 9.47 Å². The largest absolute Gasteiger partial charge is 0.338 e. The van der Waals surface area contributed by atoms with Gasteiger partial charge in [0.15, 0.2) is 0 Å². The Kier molecular flexibility index (Phi) is 4.85. The average Bonchev–Trinajstić information content (AvgIpc) is 3.06. The fraction of sp³-hybridized carbons (Fsp3) is 0.400. The van der Waals surface area contributed by atoms with Gasteiger partial charge in [0.05, 0.1) is 28.8 Å². The van der Waals surface area contributed by atoms with Gasteiger partial charge in [-0.15, -0.1) is 0 Å². The molecule has 4 heterocycles. The van der Waals surface area contributed by atoms with Crippen LogP contribution in [0.15, 0.2) is 31.1 Å². The van der Waals surface area contributed by atoms with Gasteiger partial charge >= 0.3 is 0 Å². The Morgan fingerprint density at radius 2 is 1.93 bits per heavy atom. The van der Waals surface area contributed by atoms with Gasteiger partial charge in [-0.25, -0.2) is 15.0 Å². The van der Waals surface area contributed by atoms with E-state index < -0.39 is 0 Å². The minimum absolute atomic E-state index is 0.0235. The summed E-state index contributed by atoms with van der Waals surface area (Å²) >= 11 is 0. The van der Waals surface area contributed by atoms with Crippen LogP contribution in [-0.2, 0) is 7.05 Å². The van der Waals surface area contributed by atoms with Crippen LogP contribution >= 0.6 is 0 Å². The first-order valence-electron chi connectivity index (χ1n) is 9.41. The Labute approximate surface area is 163 Å². The van der Waals surface area contributed by atoms with Gasteiger partial charge in [0.1, 0.15) is 17.8 Å². The van der Waals surface area contributed by atoms with Crippen molar-refractivity contribution in [3.05, 3.63) is 53.9 Å².